The van der Waals surface area contributed by atoms with Crippen LogP contribution in [0.2, 0.25) is 0 Å². The molecule has 0 amide bonds. The Morgan fingerprint density at radius 2 is 1.88 bits per heavy atom. The summed E-state index contributed by atoms with van der Waals surface area (Å²) in [6.45, 7) is 5.07. The van der Waals surface area contributed by atoms with Crippen molar-refractivity contribution in [3.8, 4) is 0 Å². The molecule has 0 aliphatic heterocycles. The van der Waals surface area contributed by atoms with Gasteiger partial charge in [0.05, 0.1) is 6.04 Å². The van der Waals surface area contributed by atoms with Gasteiger partial charge in [-0.2, -0.15) is 0 Å². The highest BCUT2D eigenvalue weighted by molar-refractivity contribution is 6.00. The van der Waals surface area contributed by atoms with Gasteiger partial charge in [0.25, 0.3) is 0 Å². The fourth-order valence-corrected chi connectivity index (χ4v) is 1.97. The third-order valence-corrected chi connectivity index (χ3v) is 2.92. The van der Waals surface area contributed by atoms with E-state index in [0.29, 0.717) is 0 Å². The topological polar surface area (TPSA) is 29.1 Å². The van der Waals surface area contributed by atoms with Crippen molar-refractivity contribution in [2.75, 3.05) is 6.54 Å². The number of likely N-dealkylation sites (N-methyl/N-ethyl adjacent to an activating group) is 1. The van der Waals surface area contributed by atoms with Crippen LogP contribution in [0, 0.1) is 0 Å². The number of carbonyl (C=O) groups is 1. The lowest BCUT2D eigenvalue weighted by Crippen LogP contribution is -2.36. The molecule has 0 bridgehead atoms. The van der Waals surface area contributed by atoms with Crippen LogP contribution in [0.3, 0.4) is 0 Å². The predicted octanol–water partition coefficient (Wildman–Crippen LogP) is 3.43. The number of unbranched alkanes of at least 4 members (excludes halogenated alkanes) is 2. The van der Waals surface area contributed by atoms with Crippen molar-refractivity contribution < 1.29 is 4.79 Å². The molecule has 0 radical (unpaired) electrons. The standard InChI is InChI=1S/C15H23NO/c1-3-5-7-12-14(16-4-2)15(17)13-10-8-6-9-11-13/h6,8-11,14,16H,3-5,7,12H2,1-2H3. The highest BCUT2D eigenvalue weighted by Gasteiger charge is 2.17. The molecular formula is C15H23NO. The third kappa shape index (κ3) is 4.70. The molecule has 0 aliphatic rings. The Kier molecular flexibility index (Phi) is 6.56. The second-order valence-corrected chi connectivity index (χ2v) is 4.34. The molecule has 0 saturated carbocycles. The Morgan fingerprint density at radius 1 is 1.18 bits per heavy atom. The summed E-state index contributed by atoms with van der Waals surface area (Å²) in [5.74, 6) is 0.226. The molecule has 0 saturated heterocycles. The van der Waals surface area contributed by atoms with E-state index in [9.17, 15) is 4.79 Å². The van der Waals surface area contributed by atoms with E-state index >= 15 is 0 Å². The van der Waals surface area contributed by atoms with Gasteiger partial charge in [0.15, 0.2) is 5.78 Å². The Morgan fingerprint density at radius 3 is 2.47 bits per heavy atom. The predicted molar refractivity (Wildman–Crippen MR) is 72.4 cm³/mol. The first-order valence-corrected chi connectivity index (χ1v) is 6.62. The number of benzene rings is 1. The number of carbonyl (C=O) groups excluding carboxylic acids is 1. The molecule has 2 heteroatoms. The van der Waals surface area contributed by atoms with Crippen LogP contribution in [0.4, 0.5) is 0 Å². The van der Waals surface area contributed by atoms with Crippen molar-refractivity contribution in [1.82, 2.24) is 5.32 Å². The van der Waals surface area contributed by atoms with Crippen LogP contribution >= 0.6 is 0 Å². The molecule has 0 heterocycles. The molecule has 1 unspecified atom stereocenters. The molecule has 0 aromatic heterocycles. The zero-order valence-electron chi connectivity index (χ0n) is 10.9. The minimum atomic E-state index is -0.0195. The average Bonchev–Trinajstić information content (AvgIpc) is 2.38. The van der Waals surface area contributed by atoms with Gasteiger partial charge in [-0.3, -0.25) is 4.79 Å². The minimum Gasteiger partial charge on any atom is -0.307 e. The quantitative estimate of drug-likeness (QED) is 0.550. The Hall–Kier alpha value is -1.15. The molecule has 1 N–H and O–H groups in total. The van der Waals surface area contributed by atoms with Crippen molar-refractivity contribution in [2.24, 2.45) is 0 Å². The van der Waals surface area contributed by atoms with E-state index < -0.39 is 0 Å². The highest BCUT2D eigenvalue weighted by Crippen LogP contribution is 2.10. The Labute approximate surface area is 104 Å². The van der Waals surface area contributed by atoms with Crippen molar-refractivity contribution in [1.29, 1.82) is 0 Å². The maximum absolute atomic E-state index is 12.3. The molecule has 1 aromatic carbocycles. The van der Waals surface area contributed by atoms with Gasteiger partial charge < -0.3 is 5.32 Å². The van der Waals surface area contributed by atoms with Crippen LogP contribution < -0.4 is 5.32 Å². The molecule has 0 spiro atoms. The minimum absolute atomic E-state index is 0.0195. The van der Waals surface area contributed by atoms with Gasteiger partial charge in [0, 0.05) is 5.56 Å². The second kappa shape index (κ2) is 8.02. The number of nitrogens with one attached hydrogen (secondary N) is 1. The van der Waals surface area contributed by atoms with E-state index in [1.165, 1.54) is 12.8 Å². The van der Waals surface area contributed by atoms with E-state index in [1.54, 1.807) is 0 Å². The Balaban J connectivity index is 2.60. The molecule has 0 aliphatic carbocycles. The highest BCUT2D eigenvalue weighted by atomic mass is 16.1. The molecule has 2 nitrogen and oxygen atoms in total. The monoisotopic (exact) mass is 233 g/mol. The zero-order chi connectivity index (χ0) is 12.5. The Bertz CT molecular complexity index is 321. The van der Waals surface area contributed by atoms with Crippen LogP contribution in [-0.2, 0) is 0 Å². The molecule has 17 heavy (non-hydrogen) atoms. The van der Waals surface area contributed by atoms with Crippen molar-refractivity contribution in [3.05, 3.63) is 35.9 Å². The van der Waals surface area contributed by atoms with Gasteiger partial charge in [-0.1, -0.05) is 63.4 Å². The van der Waals surface area contributed by atoms with Crippen LogP contribution in [-0.4, -0.2) is 18.4 Å². The largest absolute Gasteiger partial charge is 0.307 e. The van der Waals surface area contributed by atoms with Gasteiger partial charge in [0.2, 0.25) is 0 Å². The molecule has 0 fully saturated rings. The number of hydrogen-bond donors (Lipinski definition) is 1. The van der Waals surface area contributed by atoms with Gasteiger partial charge >= 0.3 is 0 Å². The first kappa shape index (κ1) is 13.9. The number of hydrogen-bond acceptors (Lipinski definition) is 2. The number of ketones is 1. The summed E-state index contributed by atoms with van der Waals surface area (Å²) in [4.78, 5) is 12.3. The van der Waals surface area contributed by atoms with E-state index in [2.05, 4.69) is 12.2 Å². The van der Waals surface area contributed by atoms with Crippen molar-refractivity contribution >= 4 is 5.78 Å². The van der Waals surface area contributed by atoms with Crippen molar-refractivity contribution in [3.63, 3.8) is 0 Å². The summed E-state index contributed by atoms with van der Waals surface area (Å²) >= 11 is 0. The summed E-state index contributed by atoms with van der Waals surface area (Å²) < 4.78 is 0. The zero-order valence-corrected chi connectivity index (χ0v) is 10.9. The number of rotatable bonds is 8. The van der Waals surface area contributed by atoms with Crippen LogP contribution in [0.5, 0.6) is 0 Å². The first-order valence-electron chi connectivity index (χ1n) is 6.62. The lowest BCUT2D eigenvalue weighted by molar-refractivity contribution is 0.0937. The summed E-state index contributed by atoms with van der Waals surface area (Å²) in [6, 6.07) is 9.55. The lowest BCUT2D eigenvalue weighted by Gasteiger charge is -2.16. The van der Waals surface area contributed by atoms with Crippen LogP contribution in [0.25, 0.3) is 0 Å². The fourth-order valence-electron chi connectivity index (χ4n) is 1.97. The maximum atomic E-state index is 12.3. The van der Waals surface area contributed by atoms with Gasteiger partial charge in [0.1, 0.15) is 0 Å². The molecule has 1 aromatic rings. The molecule has 1 atom stereocenters. The van der Waals surface area contributed by atoms with E-state index in [-0.39, 0.29) is 11.8 Å². The molecule has 94 valence electrons. The van der Waals surface area contributed by atoms with Gasteiger partial charge in [-0.15, -0.1) is 0 Å². The normalized spacial score (nSPS) is 12.4. The van der Waals surface area contributed by atoms with Crippen LogP contribution in [0.15, 0.2) is 30.3 Å². The summed E-state index contributed by atoms with van der Waals surface area (Å²) in [5, 5.41) is 3.29. The third-order valence-electron chi connectivity index (χ3n) is 2.92. The number of Topliss-reactive ketones (excluding diaryl/α,β-unsaturated/α-hetero) is 1. The first-order chi connectivity index (χ1) is 8.29. The molecule has 1 rings (SSSR count). The SMILES string of the molecule is CCCCCC(NCC)C(=O)c1ccccc1. The van der Waals surface area contributed by atoms with E-state index in [0.717, 1.165) is 24.9 Å². The summed E-state index contributed by atoms with van der Waals surface area (Å²) in [6.07, 6.45) is 4.45. The van der Waals surface area contributed by atoms with Gasteiger partial charge in [-0.25, -0.2) is 0 Å². The second-order valence-electron chi connectivity index (χ2n) is 4.34. The molecular weight excluding hydrogens is 210 g/mol. The smallest absolute Gasteiger partial charge is 0.179 e. The summed E-state index contributed by atoms with van der Waals surface area (Å²) in [5.41, 5.74) is 0.815. The summed E-state index contributed by atoms with van der Waals surface area (Å²) in [7, 11) is 0. The van der Waals surface area contributed by atoms with Crippen molar-refractivity contribution in [2.45, 2.75) is 45.6 Å². The van der Waals surface area contributed by atoms with Crippen LogP contribution in [0.1, 0.15) is 49.9 Å². The van der Waals surface area contributed by atoms with E-state index in [4.69, 9.17) is 0 Å². The fraction of sp³-hybridized carbons (Fsp3) is 0.533. The van der Waals surface area contributed by atoms with Gasteiger partial charge in [-0.05, 0) is 13.0 Å². The lowest BCUT2D eigenvalue weighted by atomic mass is 9.99. The maximum Gasteiger partial charge on any atom is 0.179 e. The average molecular weight is 233 g/mol. The van der Waals surface area contributed by atoms with E-state index in [1.807, 2.05) is 37.3 Å².